The molecule has 0 atom stereocenters. The zero-order valence-electron chi connectivity index (χ0n) is 16.8. The van der Waals surface area contributed by atoms with E-state index in [4.69, 9.17) is 4.74 Å². The molecule has 3 rings (SSSR count). The highest BCUT2D eigenvalue weighted by Gasteiger charge is 2.33. The molecule has 0 unspecified atom stereocenters. The summed E-state index contributed by atoms with van der Waals surface area (Å²) in [6.45, 7) is 5.31. The first kappa shape index (κ1) is 22.5. The second-order valence-corrected chi connectivity index (χ2v) is 7.83. The molecule has 1 fully saturated rings. The second-order valence-electron chi connectivity index (χ2n) is 6.88. The molecule has 1 saturated heterocycles. The summed E-state index contributed by atoms with van der Waals surface area (Å²) < 4.78 is 43.3. The van der Waals surface area contributed by atoms with Gasteiger partial charge in [-0.05, 0) is 11.1 Å². The number of rotatable bonds is 7. The Morgan fingerprint density at radius 2 is 1.93 bits per heavy atom. The van der Waals surface area contributed by atoms with E-state index in [-0.39, 0.29) is 0 Å². The van der Waals surface area contributed by atoms with Gasteiger partial charge in [-0.25, -0.2) is 4.98 Å². The lowest BCUT2D eigenvalue weighted by Crippen LogP contribution is -2.38. The number of thiazole rings is 1. The van der Waals surface area contributed by atoms with Crippen molar-refractivity contribution in [1.82, 2.24) is 20.5 Å². The van der Waals surface area contributed by atoms with Crippen LogP contribution in [0, 0.1) is 0 Å². The summed E-state index contributed by atoms with van der Waals surface area (Å²) in [4.78, 5) is 10.2. The molecule has 30 heavy (non-hydrogen) atoms. The Bertz CT molecular complexity index is 834. The van der Waals surface area contributed by atoms with Crippen LogP contribution in [0.1, 0.15) is 21.8 Å². The molecule has 0 amide bonds. The van der Waals surface area contributed by atoms with E-state index in [1.807, 2.05) is 12.1 Å². The summed E-state index contributed by atoms with van der Waals surface area (Å²) in [5.74, 6) is 0.601. The number of aromatic nitrogens is 1. The molecule has 0 aliphatic carbocycles. The smallest absolute Gasteiger partial charge is 0.379 e. The summed E-state index contributed by atoms with van der Waals surface area (Å²) in [6.07, 6.45) is -4.00. The maximum atomic E-state index is 12.6. The number of benzene rings is 1. The topological polar surface area (TPSA) is 61.8 Å². The van der Waals surface area contributed by atoms with Crippen molar-refractivity contribution in [2.24, 2.45) is 4.99 Å². The van der Waals surface area contributed by atoms with E-state index < -0.39 is 11.9 Å². The average Bonchev–Trinajstić information content (AvgIpc) is 3.22. The highest BCUT2D eigenvalue weighted by atomic mass is 32.1. The summed E-state index contributed by atoms with van der Waals surface area (Å²) in [5.41, 5.74) is 1.60. The van der Waals surface area contributed by atoms with E-state index in [1.54, 1.807) is 7.05 Å². The fourth-order valence-corrected chi connectivity index (χ4v) is 3.93. The number of morpholine rings is 1. The Labute approximate surface area is 178 Å². The van der Waals surface area contributed by atoms with E-state index in [0.717, 1.165) is 49.6 Å². The van der Waals surface area contributed by atoms with Crippen molar-refractivity contribution in [1.29, 1.82) is 0 Å². The molecule has 10 heteroatoms. The van der Waals surface area contributed by atoms with Crippen LogP contribution in [-0.4, -0.2) is 55.7 Å². The van der Waals surface area contributed by atoms with E-state index in [9.17, 15) is 13.2 Å². The minimum atomic E-state index is -4.39. The normalized spacial score (nSPS) is 15.9. The lowest BCUT2D eigenvalue weighted by Gasteiger charge is -2.27. The van der Waals surface area contributed by atoms with Crippen molar-refractivity contribution in [2.75, 3.05) is 39.9 Å². The van der Waals surface area contributed by atoms with Crippen LogP contribution < -0.4 is 10.6 Å². The summed E-state index contributed by atoms with van der Waals surface area (Å²) in [5, 5.41) is 7.91. The van der Waals surface area contributed by atoms with E-state index in [2.05, 4.69) is 37.6 Å². The predicted molar refractivity (Wildman–Crippen MR) is 112 cm³/mol. The number of halogens is 3. The Balaban J connectivity index is 1.48. The van der Waals surface area contributed by atoms with Gasteiger partial charge in [0.15, 0.2) is 11.7 Å². The van der Waals surface area contributed by atoms with Crippen molar-refractivity contribution in [3.63, 3.8) is 0 Å². The molecule has 0 saturated carbocycles. The number of nitrogens with zero attached hydrogens (tertiary/aromatic N) is 3. The maximum absolute atomic E-state index is 12.6. The molecule has 0 radical (unpaired) electrons. The maximum Gasteiger partial charge on any atom is 0.434 e. The molecule has 1 aliphatic heterocycles. The molecule has 2 N–H and O–H groups in total. The van der Waals surface area contributed by atoms with Crippen LogP contribution in [0.3, 0.4) is 0 Å². The first-order valence-electron chi connectivity index (χ1n) is 9.78. The van der Waals surface area contributed by atoms with Gasteiger partial charge in [0.2, 0.25) is 0 Å². The zero-order chi connectivity index (χ0) is 21.4. The molecular formula is C20H26F3N5OS. The number of alkyl halides is 3. The molecule has 1 aromatic carbocycles. The Morgan fingerprint density at radius 1 is 1.20 bits per heavy atom. The fourth-order valence-electron chi connectivity index (χ4n) is 3.13. The monoisotopic (exact) mass is 441 g/mol. The second kappa shape index (κ2) is 10.7. The van der Waals surface area contributed by atoms with Gasteiger partial charge in [0.05, 0.1) is 18.2 Å². The van der Waals surface area contributed by atoms with Gasteiger partial charge in [-0.3, -0.25) is 9.89 Å². The van der Waals surface area contributed by atoms with Gasteiger partial charge in [0, 0.05) is 51.6 Å². The van der Waals surface area contributed by atoms with Gasteiger partial charge in [0.1, 0.15) is 0 Å². The van der Waals surface area contributed by atoms with Crippen LogP contribution in [0.2, 0.25) is 0 Å². The quantitative estimate of drug-likeness (QED) is 0.511. The van der Waals surface area contributed by atoms with Gasteiger partial charge in [-0.15, -0.1) is 11.3 Å². The number of hydrogen-bond donors (Lipinski definition) is 2. The molecule has 1 aromatic heterocycles. The molecule has 164 valence electrons. The van der Waals surface area contributed by atoms with Crippen LogP contribution in [0.4, 0.5) is 13.2 Å². The third-order valence-electron chi connectivity index (χ3n) is 4.76. The van der Waals surface area contributed by atoms with Gasteiger partial charge < -0.3 is 15.4 Å². The summed E-state index contributed by atoms with van der Waals surface area (Å²) in [7, 11) is 1.67. The van der Waals surface area contributed by atoms with Crippen molar-refractivity contribution in [2.45, 2.75) is 25.7 Å². The molecule has 1 aliphatic rings. The van der Waals surface area contributed by atoms with Crippen LogP contribution >= 0.6 is 11.3 Å². The molecule has 6 nitrogen and oxygen atoms in total. The van der Waals surface area contributed by atoms with Crippen molar-refractivity contribution in [3.05, 3.63) is 51.5 Å². The molecule has 2 aromatic rings. The lowest BCUT2D eigenvalue weighted by molar-refractivity contribution is -0.140. The number of aliphatic imine (C=N–C) groups is 1. The lowest BCUT2D eigenvalue weighted by atomic mass is 10.1. The summed E-state index contributed by atoms with van der Waals surface area (Å²) in [6, 6.07) is 8.26. The van der Waals surface area contributed by atoms with Gasteiger partial charge >= 0.3 is 6.18 Å². The average molecular weight is 442 g/mol. The van der Waals surface area contributed by atoms with Gasteiger partial charge in [0.25, 0.3) is 0 Å². The molecule has 0 spiro atoms. The number of ether oxygens (including phenoxy) is 1. The Morgan fingerprint density at radius 3 is 2.60 bits per heavy atom. The fraction of sp³-hybridized carbons (Fsp3) is 0.500. The van der Waals surface area contributed by atoms with E-state index in [0.29, 0.717) is 30.5 Å². The van der Waals surface area contributed by atoms with E-state index >= 15 is 0 Å². The van der Waals surface area contributed by atoms with Crippen LogP contribution in [-0.2, 0) is 30.4 Å². The molecule has 2 heterocycles. The largest absolute Gasteiger partial charge is 0.434 e. The van der Waals surface area contributed by atoms with Crippen molar-refractivity contribution in [3.8, 4) is 0 Å². The number of guanidine groups is 1. The Hall–Kier alpha value is -2.17. The highest BCUT2D eigenvalue weighted by molar-refractivity contribution is 7.09. The van der Waals surface area contributed by atoms with Crippen molar-refractivity contribution < 1.29 is 17.9 Å². The minimum absolute atomic E-state index is 0.398. The van der Waals surface area contributed by atoms with E-state index in [1.165, 1.54) is 11.1 Å². The van der Waals surface area contributed by atoms with Gasteiger partial charge in [-0.2, -0.15) is 13.2 Å². The third kappa shape index (κ3) is 6.68. The molecular weight excluding hydrogens is 415 g/mol. The highest BCUT2D eigenvalue weighted by Crippen LogP contribution is 2.30. The SMILES string of the molecule is CN=C(NCCc1nc(C(F)(F)F)cs1)NCc1ccccc1CN1CCOCC1. The van der Waals surface area contributed by atoms with Gasteiger partial charge in [-0.1, -0.05) is 24.3 Å². The Kier molecular flexibility index (Phi) is 8.06. The first-order valence-corrected chi connectivity index (χ1v) is 10.7. The zero-order valence-corrected chi connectivity index (χ0v) is 17.7. The van der Waals surface area contributed by atoms with Crippen LogP contribution in [0.5, 0.6) is 0 Å². The predicted octanol–water partition coefficient (Wildman–Crippen LogP) is 2.90. The molecule has 0 bridgehead atoms. The van der Waals surface area contributed by atoms with Crippen LogP contribution in [0.25, 0.3) is 0 Å². The first-order chi connectivity index (χ1) is 14.5. The minimum Gasteiger partial charge on any atom is -0.379 e. The van der Waals surface area contributed by atoms with Crippen LogP contribution in [0.15, 0.2) is 34.6 Å². The third-order valence-corrected chi connectivity index (χ3v) is 5.67. The standard InChI is InChI=1S/C20H26F3N5OS/c1-24-19(25-7-6-18-27-17(14-30-18)20(21,22)23)26-12-15-4-2-3-5-16(15)13-28-8-10-29-11-9-28/h2-5,14H,6-13H2,1H3,(H2,24,25,26). The number of hydrogen-bond acceptors (Lipinski definition) is 5. The van der Waals surface area contributed by atoms with Crippen molar-refractivity contribution >= 4 is 17.3 Å². The number of nitrogens with one attached hydrogen (secondary N) is 2. The summed E-state index contributed by atoms with van der Waals surface area (Å²) >= 11 is 1.02.